The lowest BCUT2D eigenvalue weighted by Crippen LogP contribution is -1.93. The first-order valence-corrected chi connectivity index (χ1v) is 8.23. The number of rotatable bonds is 5. The van der Waals surface area contributed by atoms with Gasteiger partial charge in [0.2, 0.25) is 0 Å². The Bertz CT molecular complexity index is 868. The minimum atomic E-state index is -0.0454. The third kappa shape index (κ3) is 3.58. The van der Waals surface area contributed by atoms with Crippen molar-refractivity contribution in [2.24, 2.45) is 0 Å². The maximum Gasteiger partial charge on any atom is 0.197 e. The van der Waals surface area contributed by atoms with Crippen molar-refractivity contribution in [3.63, 3.8) is 0 Å². The summed E-state index contributed by atoms with van der Waals surface area (Å²) in [5.74, 6) is 0.744. The van der Waals surface area contributed by atoms with Crippen LogP contribution in [0.4, 0.5) is 0 Å². The molecule has 0 saturated heterocycles. The van der Waals surface area contributed by atoms with Gasteiger partial charge in [0.25, 0.3) is 0 Å². The number of pyridine rings is 1. The Morgan fingerprint density at radius 1 is 1.21 bits per heavy atom. The second kappa shape index (κ2) is 7.19. The SMILES string of the molecule is COc1ccc(/C=C/C(=O)c2sc(-c3cccnc3)nc2C)cc1. The number of aromatic nitrogens is 2. The predicted octanol–water partition coefficient (Wildman–Crippen LogP) is 4.42. The summed E-state index contributed by atoms with van der Waals surface area (Å²) in [6.07, 6.45) is 6.84. The molecule has 0 saturated carbocycles. The molecule has 1 aromatic carbocycles. The smallest absolute Gasteiger partial charge is 0.197 e. The van der Waals surface area contributed by atoms with Gasteiger partial charge in [-0.2, -0.15) is 0 Å². The van der Waals surface area contributed by atoms with E-state index < -0.39 is 0 Å². The number of ketones is 1. The number of aryl methyl sites for hydroxylation is 1. The van der Waals surface area contributed by atoms with Gasteiger partial charge in [0, 0.05) is 18.0 Å². The molecule has 0 spiro atoms. The number of benzene rings is 1. The van der Waals surface area contributed by atoms with Gasteiger partial charge in [-0.3, -0.25) is 9.78 Å². The molecule has 0 N–H and O–H groups in total. The van der Waals surface area contributed by atoms with Gasteiger partial charge in [-0.1, -0.05) is 18.2 Å². The fourth-order valence-electron chi connectivity index (χ4n) is 2.20. The number of nitrogens with zero attached hydrogens (tertiary/aromatic N) is 2. The highest BCUT2D eigenvalue weighted by atomic mass is 32.1. The third-order valence-corrected chi connectivity index (χ3v) is 4.69. The predicted molar refractivity (Wildman–Crippen MR) is 96.4 cm³/mol. The normalized spacial score (nSPS) is 10.9. The molecule has 0 bridgehead atoms. The first kappa shape index (κ1) is 16.1. The standard InChI is InChI=1S/C19H16N2O2S/c1-13-18(24-19(21-13)15-4-3-11-20-12-15)17(22)10-7-14-5-8-16(23-2)9-6-14/h3-12H,1-2H3/b10-7+. The van der Waals surface area contributed by atoms with Crippen molar-refractivity contribution in [3.8, 4) is 16.3 Å². The van der Waals surface area contributed by atoms with E-state index in [0.717, 1.165) is 27.6 Å². The summed E-state index contributed by atoms with van der Waals surface area (Å²) in [6.45, 7) is 1.85. The molecular weight excluding hydrogens is 320 g/mol. The number of methoxy groups -OCH3 is 1. The van der Waals surface area contributed by atoms with Crippen molar-refractivity contribution in [1.82, 2.24) is 9.97 Å². The van der Waals surface area contributed by atoms with Gasteiger partial charge in [0.1, 0.15) is 10.8 Å². The zero-order valence-electron chi connectivity index (χ0n) is 13.4. The van der Waals surface area contributed by atoms with E-state index in [4.69, 9.17) is 4.74 Å². The average Bonchev–Trinajstić information content (AvgIpc) is 3.03. The Morgan fingerprint density at radius 3 is 2.67 bits per heavy atom. The van der Waals surface area contributed by atoms with Gasteiger partial charge >= 0.3 is 0 Å². The lowest BCUT2D eigenvalue weighted by Gasteiger charge is -1.98. The van der Waals surface area contributed by atoms with Crippen LogP contribution < -0.4 is 4.74 Å². The summed E-state index contributed by atoms with van der Waals surface area (Å²) < 4.78 is 5.12. The molecule has 3 rings (SSSR count). The average molecular weight is 336 g/mol. The molecule has 0 aliphatic heterocycles. The van der Waals surface area contributed by atoms with Gasteiger partial charge < -0.3 is 4.74 Å². The Morgan fingerprint density at radius 2 is 2.00 bits per heavy atom. The molecule has 5 heteroatoms. The Balaban J connectivity index is 1.79. The largest absolute Gasteiger partial charge is 0.497 e. The van der Waals surface area contributed by atoms with Crippen LogP contribution in [0.3, 0.4) is 0 Å². The van der Waals surface area contributed by atoms with E-state index in [-0.39, 0.29) is 5.78 Å². The minimum absolute atomic E-state index is 0.0454. The summed E-state index contributed by atoms with van der Waals surface area (Å²) in [7, 11) is 1.63. The molecule has 0 unspecified atom stereocenters. The number of thiazole rings is 1. The van der Waals surface area contributed by atoms with Crippen LogP contribution in [0.25, 0.3) is 16.6 Å². The summed E-state index contributed by atoms with van der Waals surface area (Å²) in [4.78, 5) is 21.7. The molecular formula is C19H16N2O2S. The fourth-order valence-corrected chi connectivity index (χ4v) is 3.18. The van der Waals surface area contributed by atoms with Crippen LogP contribution in [-0.2, 0) is 0 Å². The highest BCUT2D eigenvalue weighted by Gasteiger charge is 2.14. The topological polar surface area (TPSA) is 52.1 Å². The quantitative estimate of drug-likeness (QED) is 0.511. The van der Waals surface area contributed by atoms with Crippen LogP contribution >= 0.6 is 11.3 Å². The summed E-state index contributed by atoms with van der Waals surface area (Å²) >= 11 is 1.39. The summed E-state index contributed by atoms with van der Waals surface area (Å²) in [5.41, 5.74) is 2.60. The molecule has 4 nitrogen and oxygen atoms in total. The number of ether oxygens (including phenoxy) is 1. The molecule has 0 atom stereocenters. The van der Waals surface area contributed by atoms with Crippen molar-refractivity contribution in [1.29, 1.82) is 0 Å². The number of carbonyl (C=O) groups excluding carboxylic acids is 1. The van der Waals surface area contributed by atoms with Gasteiger partial charge in [0.15, 0.2) is 5.78 Å². The molecule has 2 aromatic heterocycles. The Kier molecular flexibility index (Phi) is 4.82. The molecule has 0 fully saturated rings. The van der Waals surface area contributed by atoms with E-state index >= 15 is 0 Å². The van der Waals surface area contributed by atoms with Gasteiger partial charge in [-0.15, -0.1) is 11.3 Å². The summed E-state index contributed by atoms with van der Waals surface area (Å²) in [5, 5.41) is 0.807. The van der Waals surface area contributed by atoms with E-state index in [0.29, 0.717) is 4.88 Å². The highest BCUT2D eigenvalue weighted by Crippen LogP contribution is 2.28. The number of carbonyl (C=O) groups is 1. The van der Waals surface area contributed by atoms with E-state index in [1.165, 1.54) is 11.3 Å². The molecule has 2 heterocycles. The Hall–Kier alpha value is -2.79. The zero-order valence-corrected chi connectivity index (χ0v) is 14.2. The van der Waals surface area contributed by atoms with Crippen LogP contribution in [0.2, 0.25) is 0 Å². The number of hydrogen-bond acceptors (Lipinski definition) is 5. The van der Waals surface area contributed by atoms with Gasteiger partial charge in [0.05, 0.1) is 17.7 Å². The summed E-state index contributed by atoms with van der Waals surface area (Å²) in [6, 6.07) is 11.3. The minimum Gasteiger partial charge on any atom is -0.497 e. The van der Waals surface area contributed by atoms with Crippen LogP contribution in [0, 0.1) is 6.92 Å². The zero-order chi connectivity index (χ0) is 16.9. The molecule has 0 radical (unpaired) electrons. The Labute approximate surface area is 144 Å². The van der Waals surface area contributed by atoms with E-state index in [1.807, 2.05) is 43.3 Å². The van der Waals surface area contributed by atoms with E-state index in [9.17, 15) is 4.79 Å². The third-order valence-electron chi connectivity index (χ3n) is 3.47. The second-order valence-corrected chi connectivity index (χ2v) is 6.15. The first-order chi connectivity index (χ1) is 11.7. The van der Waals surface area contributed by atoms with E-state index in [2.05, 4.69) is 9.97 Å². The number of hydrogen-bond donors (Lipinski definition) is 0. The van der Waals surface area contributed by atoms with Crippen LogP contribution in [0.1, 0.15) is 20.9 Å². The van der Waals surface area contributed by atoms with Crippen molar-refractivity contribution >= 4 is 23.2 Å². The van der Waals surface area contributed by atoms with Crippen molar-refractivity contribution in [3.05, 3.63) is 71.0 Å². The molecule has 3 aromatic rings. The monoisotopic (exact) mass is 336 g/mol. The fraction of sp³-hybridized carbons (Fsp3) is 0.105. The van der Waals surface area contributed by atoms with Crippen LogP contribution in [0.15, 0.2) is 54.9 Å². The van der Waals surface area contributed by atoms with Gasteiger partial charge in [-0.05, 0) is 42.8 Å². The highest BCUT2D eigenvalue weighted by molar-refractivity contribution is 7.17. The molecule has 24 heavy (non-hydrogen) atoms. The maximum atomic E-state index is 12.4. The van der Waals surface area contributed by atoms with Crippen molar-refractivity contribution in [2.45, 2.75) is 6.92 Å². The van der Waals surface area contributed by atoms with Gasteiger partial charge in [-0.25, -0.2) is 4.98 Å². The van der Waals surface area contributed by atoms with Crippen molar-refractivity contribution in [2.75, 3.05) is 7.11 Å². The van der Waals surface area contributed by atoms with Crippen LogP contribution in [0.5, 0.6) is 5.75 Å². The first-order valence-electron chi connectivity index (χ1n) is 7.41. The van der Waals surface area contributed by atoms with E-state index in [1.54, 1.807) is 31.7 Å². The maximum absolute atomic E-state index is 12.4. The lowest BCUT2D eigenvalue weighted by molar-refractivity contribution is 0.105. The molecule has 0 aliphatic carbocycles. The number of allylic oxidation sites excluding steroid dienone is 1. The second-order valence-electron chi connectivity index (χ2n) is 5.15. The lowest BCUT2D eigenvalue weighted by atomic mass is 10.1. The molecule has 0 amide bonds. The molecule has 120 valence electrons. The van der Waals surface area contributed by atoms with Crippen LogP contribution in [-0.4, -0.2) is 22.9 Å². The van der Waals surface area contributed by atoms with Crippen molar-refractivity contribution < 1.29 is 9.53 Å². The molecule has 0 aliphatic rings.